The molecule has 0 aliphatic carbocycles. The zero-order chi connectivity index (χ0) is 26.8. The number of anilines is 3. The highest BCUT2D eigenvalue weighted by Crippen LogP contribution is 2.43. The molecule has 0 radical (unpaired) electrons. The van der Waals surface area contributed by atoms with Gasteiger partial charge in [0.2, 0.25) is 11.8 Å². The van der Waals surface area contributed by atoms with Crippen LogP contribution in [0.15, 0.2) is 72.8 Å². The van der Waals surface area contributed by atoms with Gasteiger partial charge in [-0.05, 0) is 81.2 Å². The van der Waals surface area contributed by atoms with Crippen LogP contribution in [-0.4, -0.2) is 22.5 Å². The lowest BCUT2D eigenvalue weighted by Gasteiger charge is -2.44. The van der Waals surface area contributed by atoms with Gasteiger partial charge >= 0.3 is 0 Å². The summed E-state index contributed by atoms with van der Waals surface area (Å²) in [6.45, 7) is 5.38. The lowest BCUT2D eigenvalue weighted by molar-refractivity contribution is -0.139. The third kappa shape index (κ3) is 5.35. The quantitative estimate of drug-likeness (QED) is 0.298. The molecule has 2 atom stereocenters. The van der Waals surface area contributed by atoms with E-state index in [1.54, 1.807) is 20.8 Å². The first-order chi connectivity index (χ1) is 17.5. The van der Waals surface area contributed by atoms with Crippen LogP contribution in [0.1, 0.15) is 32.8 Å². The van der Waals surface area contributed by atoms with E-state index in [9.17, 15) is 9.59 Å². The third-order valence-corrected chi connectivity index (χ3v) is 7.54. The molecular weight excluding hydrogens is 482 g/mol. The average Bonchev–Trinajstić information content (AvgIpc) is 3.01. The van der Waals surface area contributed by atoms with Gasteiger partial charge < -0.3 is 27.4 Å². The first-order valence-corrected chi connectivity index (χ1v) is 12.7. The van der Waals surface area contributed by atoms with Gasteiger partial charge in [-0.15, -0.1) is 0 Å². The number of fused-ring (bicyclic) bond motifs is 1. The van der Waals surface area contributed by atoms with Gasteiger partial charge in [0.15, 0.2) is 5.11 Å². The second-order valence-corrected chi connectivity index (χ2v) is 10.7. The number of nitrogens with two attached hydrogens (primary N) is 2. The number of hydrogen-bond donors (Lipinski definition) is 5. The summed E-state index contributed by atoms with van der Waals surface area (Å²) < 4.78 is 0. The number of aryl methyl sites for hydroxylation is 1. The summed E-state index contributed by atoms with van der Waals surface area (Å²) in [6.07, 6.45) is 1.19. The average molecular weight is 516 g/mol. The van der Waals surface area contributed by atoms with Crippen molar-refractivity contribution in [2.24, 2.45) is 22.8 Å². The van der Waals surface area contributed by atoms with Crippen LogP contribution in [-0.2, 0) is 16.0 Å². The predicted molar refractivity (Wildman–Crippen MR) is 154 cm³/mol. The number of para-hydroxylation sites is 2. The molecule has 3 aromatic rings. The lowest BCUT2D eigenvalue weighted by Crippen LogP contribution is -2.61. The van der Waals surface area contributed by atoms with E-state index in [-0.39, 0.29) is 16.9 Å². The standard InChI is InChI=1S/C29H33N5O2S/c1-28(2,31)29(3,22-17-14-19-8-4-6-10-23(19)33-25(22)35)26(36)32-20-15-12-18(13-16-20)21-9-5-7-11-24(21)34-27(30)37/h4-13,15-16,22H,14,17,31H2,1-3H3,(H,32,36)(H,33,35)(H3,30,34,37)/t22-,29?/m0/s1. The number of thiocarbonyl (C=S) groups is 1. The van der Waals surface area contributed by atoms with Crippen LogP contribution < -0.4 is 27.4 Å². The maximum atomic E-state index is 13.8. The zero-order valence-corrected chi connectivity index (χ0v) is 22.1. The molecular formula is C29H33N5O2S. The molecule has 0 fully saturated rings. The maximum Gasteiger partial charge on any atom is 0.232 e. The molecule has 1 aliphatic heterocycles. The van der Waals surface area contributed by atoms with Crippen molar-refractivity contribution in [1.82, 2.24) is 0 Å². The minimum absolute atomic E-state index is 0.186. The van der Waals surface area contributed by atoms with Crippen molar-refractivity contribution in [3.05, 3.63) is 78.4 Å². The number of benzene rings is 3. The number of carbonyl (C=O) groups is 2. The summed E-state index contributed by atoms with van der Waals surface area (Å²) in [6, 6.07) is 22.9. The molecule has 192 valence electrons. The Morgan fingerprint density at radius 1 is 0.973 bits per heavy atom. The van der Waals surface area contributed by atoms with Gasteiger partial charge in [-0.2, -0.15) is 0 Å². The van der Waals surface area contributed by atoms with Gasteiger partial charge in [0.1, 0.15) is 0 Å². The highest BCUT2D eigenvalue weighted by atomic mass is 32.1. The SMILES string of the molecule is CC(C)(N)C(C)(C(=O)Nc1ccc(-c2ccccc2NC(N)=S)cc1)[C@H]1CCc2ccccc2NC1=O. The van der Waals surface area contributed by atoms with E-state index in [4.69, 9.17) is 23.7 Å². The van der Waals surface area contributed by atoms with Gasteiger partial charge in [-0.3, -0.25) is 9.59 Å². The van der Waals surface area contributed by atoms with Crippen LogP contribution in [0.3, 0.4) is 0 Å². The number of nitrogens with one attached hydrogen (secondary N) is 3. The molecule has 0 saturated carbocycles. The van der Waals surface area contributed by atoms with Gasteiger partial charge in [0, 0.05) is 28.2 Å². The molecule has 1 aliphatic rings. The predicted octanol–water partition coefficient (Wildman–Crippen LogP) is 4.89. The van der Waals surface area contributed by atoms with Gasteiger partial charge in [-0.1, -0.05) is 48.5 Å². The van der Waals surface area contributed by atoms with E-state index in [0.717, 1.165) is 28.1 Å². The van der Waals surface area contributed by atoms with E-state index in [0.29, 0.717) is 18.5 Å². The van der Waals surface area contributed by atoms with E-state index in [1.165, 1.54) is 0 Å². The Morgan fingerprint density at radius 2 is 1.62 bits per heavy atom. The van der Waals surface area contributed by atoms with Gasteiger partial charge in [0.05, 0.1) is 11.3 Å². The zero-order valence-electron chi connectivity index (χ0n) is 21.3. The Balaban J connectivity index is 1.59. The molecule has 1 unspecified atom stereocenters. The molecule has 2 amide bonds. The lowest BCUT2D eigenvalue weighted by atomic mass is 9.62. The molecule has 0 saturated heterocycles. The van der Waals surface area contributed by atoms with E-state index in [1.807, 2.05) is 72.8 Å². The van der Waals surface area contributed by atoms with Crippen LogP contribution in [0.5, 0.6) is 0 Å². The summed E-state index contributed by atoms with van der Waals surface area (Å²) in [4.78, 5) is 27.2. The molecule has 7 nitrogen and oxygen atoms in total. The van der Waals surface area contributed by atoms with Crippen molar-refractivity contribution >= 4 is 46.2 Å². The minimum Gasteiger partial charge on any atom is -0.376 e. The largest absolute Gasteiger partial charge is 0.376 e. The van der Waals surface area contributed by atoms with Crippen LogP contribution in [0.2, 0.25) is 0 Å². The monoisotopic (exact) mass is 515 g/mol. The second kappa shape index (κ2) is 10.3. The summed E-state index contributed by atoms with van der Waals surface area (Å²) in [5, 5.41) is 9.21. The molecule has 7 N–H and O–H groups in total. The van der Waals surface area contributed by atoms with Crippen molar-refractivity contribution in [2.75, 3.05) is 16.0 Å². The summed E-state index contributed by atoms with van der Waals surface area (Å²) in [5.74, 6) is -1.11. The fraction of sp³-hybridized carbons (Fsp3) is 0.276. The van der Waals surface area contributed by atoms with Crippen molar-refractivity contribution in [3.8, 4) is 11.1 Å². The number of amides is 2. The van der Waals surface area contributed by atoms with Crippen molar-refractivity contribution in [3.63, 3.8) is 0 Å². The third-order valence-electron chi connectivity index (χ3n) is 7.44. The Morgan fingerprint density at radius 3 is 2.30 bits per heavy atom. The van der Waals surface area contributed by atoms with E-state index in [2.05, 4.69) is 16.0 Å². The summed E-state index contributed by atoms with van der Waals surface area (Å²) >= 11 is 4.99. The minimum atomic E-state index is -1.18. The van der Waals surface area contributed by atoms with Gasteiger partial charge in [-0.25, -0.2) is 0 Å². The number of carbonyl (C=O) groups excluding carboxylic acids is 2. The van der Waals surface area contributed by atoms with Crippen molar-refractivity contribution < 1.29 is 9.59 Å². The molecule has 8 heteroatoms. The Bertz CT molecular complexity index is 1330. The number of hydrogen-bond acceptors (Lipinski definition) is 4. The molecule has 0 bridgehead atoms. The first-order valence-electron chi connectivity index (χ1n) is 12.3. The highest BCUT2D eigenvalue weighted by Gasteiger charge is 2.53. The maximum absolute atomic E-state index is 13.8. The normalized spacial score (nSPS) is 17.0. The summed E-state index contributed by atoms with van der Waals surface area (Å²) in [5.41, 5.74) is 15.2. The molecule has 3 aromatic carbocycles. The second-order valence-electron chi connectivity index (χ2n) is 10.2. The van der Waals surface area contributed by atoms with E-state index >= 15 is 0 Å². The molecule has 1 heterocycles. The first kappa shape index (κ1) is 26.3. The van der Waals surface area contributed by atoms with Gasteiger partial charge in [0.25, 0.3) is 0 Å². The van der Waals surface area contributed by atoms with Crippen LogP contribution in [0.25, 0.3) is 11.1 Å². The van der Waals surface area contributed by atoms with E-state index < -0.39 is 16.9 Å². The molecule has 37 heavy (non-hydrogen) atoms. The van der Waals surface area contributed by atoms with Crippen molar-refractivity contribution in [1.29, 1.82) is 0 Å². The van der Waals surface area contributed by atoms with Crippen LogP contribution >= 0.6 is 12.2 Å². The highest BCUT2D eigenvalue weighted by molar-refractivity contribution is 7.80. The molecule has 0 spiro atoms. The molecule has 0 aromatic heterocycles. The van der Waals surface area contributed by atoms with Crippen LogP contribution in [0, 0.1) is 11.3 Å². The Hall–Kier alpha value is -3.75. The Kier molecular flexibility index (Phi) is 7.34. The fourth-order valence-electron chi connectivity index (χ4n) is 4.93. The van der Waals surface area contributed by atoms with Crippen LogP contribution in [0.4, 0.5) is 17.1 Å². The number of rotatable bonds is 6. The topological polar surface area (TPSA) is 122 Å². The fourth-order valence-corrected chi connectivity index (χ4v) is 5.04. The molecule has 4 rings (SSSR count). The Labute approximate surface area is 223 Å². The summed E-state index contributed by atoms with van der Waals surface area (Å²) in [7, 11) is 0. The van der Waals surface area contributed by atoms with Crippen molar-refractivity contribution in [2.45, 2.75) is 39.2 Å². The smallest absolute Gasteiger partial charge is 0.232 e.